The number of nitrogens with one attached hydrogen (secondary N) is 2. The van der Waals surface area contributed by atoms with E-state index in [1.807, 2.05) is 30.3 Å². The standard InChI is InChI=1S/C27H27F3N2O4/c1-3-23(32-26(35)31-16-17-7-5-4-6-8-17)21-15-19(27(28,29)30)10-11-20(21)22-13-18(14-25(33)34)9-12-24(22)36-2/h4-13,15,23H,3,14,16H2,1-2H3,(H,33,34)(H2,31,32,35). The molecular weight excluding hydrogens is 473 g/mol. The number of carboxylic acid groups (broad SMARTS) is 1. The van der Waals surface area contributed by atoms with Gasteiger partial charge in [-0.15, -0.1) is 0 Å². The molecule has 6 nitrogen and oxygen atoms in total. The zero-order valence-corrected chi connectivity index (χ0v) is 19.9. The maximum Gasteiger partial charge on any atom is 0.416 e. The van der Waals surface area contributed by atoms with Gasteiger partial charge in [-0.05, 0) is 52.9 Å². The van der Waals surface area contributed by atoms with Crippen molar-refractivity contribution >= 4 is 12.0 Å². The Morgan fingerprint density at radius 1 is 0.972 bits per heavy atom. The lowest BCUT2D eigenvalue weighted by molar-refractivity contribution is -0.138. The monoisotopic (exact) mass is 500 g/mol. The molecule has 0 spiro atoms. The van der Waals surface area contributed by atoms with Gasteiger partial charge in [0.15, 0.2) is 0 Å². The third-order valence-corrected chi connectivity index (χ3v) is 5.67. The van der Waals surface area contributed by atoms with Gasteiger partial charge in [0.2, 0.25) is 0 Å². The third-order valence-electron chi connectivity index (χ3n) is 5.67. The molecule has 0 aliphatic rings. The van der Waals surface area contributed by atoms with Crippen LogP contribution in [0.1, 0.15) is 41.6 Å². The highest BCUT2D eigenvalue weighted by Crippen LogP contribution is 2.40. The van der Waals surface area contributed by atoms with Crippen molar-refractivity contribution in [1.82, 2.24) is 10.6 Å². The second-order valence-corrected chi connectivity index (χ2v) is 8.18. The molecule has 0 aliphatic carbocycles. The van der Waals surface area contributed by atoms with Crippen LogP contribution in [0.3, 0.4) is 0 Å². The summed E-state index contributed by atoms with van der Waals surface area (Å²) in [6, 6.07) is 16.0. The normalized spacial score (nSPS) is 12.0. The lowest BCUT2D eigenvalue weighted by Gasteiger charge is -2.24. The summed E-state index contributed by atoms with van der Waals surface area (Å²) in [5.41, 5.74) is 1.57. The summed E-state index contributed by atoms with van der Waals surface area (Å²) < 4.78 is 46.2. The number of alkyl halides is 3. The molecule has 1 atom stereocenters. The summed E-state index contributed by atoms with van der Waals surface area (Å²) in [4.78, 5) is 23.9. The fourth-order valence-corrected chi connectivity index (χ4v) is 3.91. The number of hydrogen-bond donors (Lipinski definition) is 3. The smallest absolute Gasteiger partial charge is 0.416 e. The van der Waals surface area contributed by atoms with E-state index in [2.05, 4.69) is 10.6 Å². The first kappa shape index (κ1) is 26.6. The second kappa shape index (κ2) is 11.6. The van der Waals surface area contributed by atoms with Gasteiger partial charge < -0.3 is 20.5 Å². The van der Waals surface area contributed by atoms with Crippen LogP contribution in [0.15, 0.2) is 66.7 Å². The number of rotatable bonds is 9. The molecule has 3 aromatic rings. The molecule has 36 heavy (non-hydrogen) atoms. The topological polar surface area (TPSA) is 87.7 Å². The van der Waals surface area contributed by atoms with E-state index < -0.39 is 29.8 Å². The first-order chi connectivity index (χ1) is 17.1. The average molecular weight is 501 g/mol. The van der Waals surface area contributed by atoms with E-state index in [1.165, 1.54) is 13.2 Å². The van der Waals surface area contributed by atoms with Gasteiger partial charge in [-0.3, -0.25) is 4.79 Å². The average Bonchev–Trinajstić information content (AvgIpc) is 2.85. The zero-order valence-electron chi connectivity index (χ0n) is 19.9. The molecule has 190 valence electrons. The van der Waals surface area contributed by atoms with E-state index in [4.69, 9.17) is 4.74 Å². The summed E-state index contributed by atoms with van der Waals surface area (Å²) in [5, 5.41) is 14.7. The molecule has 2 amide bonds. The SMILES string of the molecule is CCC(NC(=O)NCc1ccccc1)c1cc(C(F)(F)F)ccc1-c1cc(CC(=O)O)ccc1OC. The van der Waals surface area contributed by atoms with Gasteiger partial charge in [-0.1, -0.05) is 49.4 Å². The number of halogens is 3. The second-order valence-electron chi connectivity index (χ2n) is 8.18. The Hall–Kier alpha value is -4.01. The quantitative estimate of drug-likeness (QED) is 0.338. The molecule has 0 bridgehead atoms. The Morgan fingerprint density at radius 2 is 1.69 bits per heavy atom. The molecule has 3 rings (SSSR count). The molecule has 3 aromatic carbocycles. The fraction of sp³-hybridized carbons (Fsp3) is 0.259. The fourth-order valence-electron chi connectivity index (χ4n) is 3.91. The van der Waals surface area contributed by atoms with Crippen molar-refractivity contribution in [2.24, 2.45) is 0 Å². The number of carboxylic acids is 1. The van der Waals surface area contributed by atoms with Gasteiger partial charge in [-0.2, -0.15) is 13.2 Å². The maximum atomic E-state index is 13.6. The summed E-state index contributed by atoms with van der Waals surface area (Å²) in [6.07, 6.45) is -4.54. The van der Waals surface area contributed by atoms with Crippen LogP contribution in [-0.4, -0.2) is 24.2 Å². The van der Waals surface area contributed by atoms with Crippen LogP contribution in [0.25, 0.3) is 11.1 Å². The van der Waals surface area contributed by atoms with E-state index in [1.54, 1.807) is 25.1 Å². The largest absolute Gasteiger partial charge is 0.496 e. The molecule has 3 N–H and O–H groups in total. The van der Waals surface area contributed by atoms with Crippen LogP contribution in [-0.2, 0) is 23.9 Å². The van der Waals surface area contributed by atoms with Gasteiger partial charge >= 0.3 is 18.2 Å². The van der Waals surface area contributed by atoms with Crippen molar-refractivity contribution in [3.63, 3.8) is 0 Å². The number of hydrogen-bond acceptors (Lipinski definition) is 3. The zero-order chi connectivity index (χ0) is 26.3. The highest BCUT2D eigenvalue weighted by molar-refractivity contribution is 5.79. The Kier molecular flexibility index (Phi) is 8.58. The first-order valence-corrected chi connectivity index (χ1v) is 11.3. The molecule has 0 saturated heterocycles. The van der Waals surface area contributed by atoms with Crippen LogP contribution in [0.4, 0.5) is 18.0 Å². The Bertz CT molecular complexity index is 1210. The van der Waals surface area contributed by atoms with Crippen LogP contribution in [0.2, 0.25) is 0 Å². The van der Waals surface area contributed by atoms with E-state index in [0.29, 0.717) is 28.9 Å². The highest BCUT2D eigenvalue weighted by atomic mass is 19.4. The minimum absolute atomic E-state index is 0.243. The van der Waals surface area contributed by atoms with Gasteiger partial charge in [0.25, 0.3) is 0 Å². The molecule has 0 fully saturated rings. The van der Waals surface area contributed by atoms with Gasteiger partial charge in [0.05, 0.1) is 25.1 Å². The Morgan fingerprint density at radius 3 is 2.31 bits per heavy atom. The third kappa shape index (κ3) is 6.78. The van der Waals surface area contributed by atoms with Crippen molar-refractivity contribution in [2.45, 2.75) is 38.5 Å². The lowest BCUT2D eigenvalue weighted by Crippen LogP contribution is -2.37. The van der Waals surface area contributed by atoms with Crippen molar-refractivity contribution in [3.8, 4) is 16.9 Å². The minimum atomic E-state index is -4.59. The van der Waals surface area contributed by atoms with Crippen LogP contribution >= 0.6 is 0 Å². The maximum absolute atomic E-state index is 13.6. The van der Waals surface area contributed by atoms with Crippen LogP contribution in [0.5, 0.6) is 5.75 Å². The Balaban J connectivity index is 2.01. The number of carbonyl (C=O) groups is 2. The molecule has 0 aromatic heterocycles. The van der Waals surface area contributed by atoms with Gasteiger partial charge in [0, 0.05) is 12.1 Å². The minimum Gasteiger partial charge on any atom is -0.496 e. The highest BCUT2D eigenvalue weighted by Gasteiger charge is 2.32. The van der Waals surface area contributed by atoms with E-state index >= 15 is 0 Å². The van der Waals surface area contributed by atoms with E-state index in [0.717, 1.165) is 17.7 Å². The number of methoxy groups -OCH3 is 1. The van der Waals surface area contributed by atoms with E-state index in [9.17, 15) is 27.9 Å². The number of urea groups is 1. The number of aliphatic carboxylic acids is 1. The first-order valence-electron chi connectivity index (χ1n) is 11.3. The van der Waals surface area contributed by atoms with Crippen molar-refractivity contribution in [2.75, 3.05) is 7.11 Å². The molecule has 1 unspecified atom stereocenters. The number of carbonyl (C=O) groups excluding carboxylic acids is 1. The summed E-state index contributed by atoms with van der Waals surface area (Å²) >= 11 is 0. The number of benzene rings is 3. The van der Waals surface area contributed by atoms with Crippen molar-refractivity contribution in [3.05, 3.63) is 89.0 Å². The van der Waals surface area contributed by atoms with Crippen LogP contribution < -0.4 is 15.4 Å². The van der Waals surface area contributed by atoms with Crippen molar-refractivity contribution in [1.29, 1.82) is 0 Å². The summed E-state index contributed by atoms with van der Waals surface area (Å²) in [7, 11) is 1.42. The number of amides is 2. The van der Waals surface area contributed by atoms with Crippen LogP contribution in [0, 0.1) is 0 Å². The molecule has 0 radical (unpaired) electrons. The molecule has 0 aliphatic heterocycles. The van der Waals surface area contributed by atoms with Gasteiger partial charge in [0.1, 0.15) is 5.75 Å². The molecule has 0 saturated carbocycles. The lowest BCUT2D eigenvalue weighted by atomic mass is 9.90. The Labute approximate surface area is 207 Å². The summed E-state index contributed by atoms with van der Waals surface area (Å²) in [6.45, 7) is 2.01. The molecular formula is C27H27F3N2O4. The number of ether oxygens (including phenoxy) is 1. The molecule has 0 heterocycles. The predicted molar refractivity (Wildman–Crippen MR) is 130 cm³/mol. The van der Waals surface area contributed by atoms with Crippen molar-refractivity contribution < 1.29 is 32.6 Å². The molecule has 9 heteroatoms. The van der Waals surface area contributed by atoms with E-state index in [-0.39, 0.29) is 18.5 Å². The summed E-state index contributed by atoms with van der Waals surface area (Å²) in [5.74, 6) is -0.671. The van der Waals surface area contributed by atoms with Gasteiger partial charge in [-0.25, -0.2) is 4.79 Å². The predicted octanol–water partition coefficient (Wildman–Crippen LogP) is 5.96.